The molecule has 0 aromatic carbocycles. The van der Waals surface area contributed by atoms with Crippen molar-refractivity contribution in [3.05, 3.63) is 18.0 Å². The number of amides is 1. The predicted molar refractivity (Wildman–Crippen MR) is 126 cm³/mol. The van der Waals surface area contributed by atoms with Crippen LogP contribution in [-0.2, 0) is 6.54 Å². The van der Waals surface area contributed by atoms with Crippen molar-refractivity contribution in [3.8, 4) is 0 Å². The Labute approximate surface area is 186 Å². The molecule has 4 rings (SSSR count). The van der Waals surface area contributed by atoms with E-state index in [-0.39, 0.29) is 11.9 Å². The summed E-state index contributed by atoms with van der Waals surface area (Å²) in [6.07, 6.45) is 16.4. The number of nitrogens with zero attached hydrogens (tertiary/aromatic N) is 3. The minimum atomic E-state index is -0.0185. The molecule has 0 radical (unpaired) electrons. The van der Waals surface area contributed by atoms with E-state index in [9.17, 15) is 4.79 Å². The molecule has 0 bridgehead atoms. The van der Waals surface area contributed by atoms with Crippen LogP contribution in [0, 0.1) is 11.8 Å². The van der Waals surface area contributed by atoms with Gasteiger partial charge in [-0.25, -0.2) is 9.67 Å². The van der Waals surface area contributed by atoms with Gasteiger partial charge in [-0.1, -0.05) is 38.5 Å². The van der Waals surface area contributed by atoms with Gasteiger partial charge in [0.25, 0.3) is 5.91 Å². The number of aryl methyl sites for hydroxylation is 1. The van der Waals surface area contributed by atoms with E-state index < -0.39 is 0 Å². The molecule has 1 amide bonds. The van der Waals surface area contributed by atoms with Crippen LogP contribution in [0.1, 0.15) is 95.3 Å². The average molecular weight is 426 g/mol. The average Bonchev–Trinajstić information content (AvgIpc) is 3.24. The van der Waals surface area contributed by atoms with Crippen LogP contribution >= 0.6 is 0 Å². The first kappa shape index (κ1) is 22.1. The summed E-state index contributed by atoms with van der Waals surface area (Å²) in [7, 11) is 0. The van der Waals surface area contributed by atoms with Crippen LogP contribution in [0.25, 0.3) is 11.0 Å². The highest BCUT2D eigenvalue weighted by Gasteiger charge is 2.26. The van der Waals surface area contributed by atoms with Crippen LogP contribution in [-0.4, -0.2) is 32.8 Å². The molecular weight excluding hydrogens is 386 g/mol. The number of rotatable bonds is 7. The van der Waals surface area contributed by atoms with Crippen molar-refractivity contribution in [1.29, 1.82) is 0 Å². The van der Waals surface area contributed by atoms with Crippen molar-refractivity contribution in [2.24, 2.45) is 11.8 Å². The fourth-order valence-corrected chi connectivity index (χ4v) is 5.60. The Morgan fingerprint density at radius 2 is 1.61 bits per heavy atom. The number of carbonyl (C=O) groups is 1. The third-order valence-corrected chi connectivity index (χ3v) is 7.66. The lowest BCUT2D eigenvalue weighted by atomic mass is 9.84. The molecule has 2 fully saturated rings. The first-order valence-electron chi connectivity index (χ1n) is 12.5. The van der Waals surface area contributed by atoms with Gasteiger partial charge in [0.1, 0.15) is 0 Å². The minimum absolute atomic E-state index is 0.0185. The number of nitrogens with one attached hydrogen (secondary N) is 2. The van der Waals surface area contributed by atoms with Gasteiger partial charge in [0.15, 0.2) is 5.65 Å². The Morgan fingerprint density at radius 1 is 1.00 bits per heavy atom. The van der Waals surface area contributed by atoms with Gasteiger partial charge in [-0.3, -0.25) is 4.79 Å². The molecule has 2 aromatic rings. The molecule has 2 aromatic heterocycles. The summed E-state index contributed by atoms with van der Waals surface area (Å²) in [4.78, 5) is 18.0. The van der Waals surface area contributed by atoms with Gasteiger partial charge < -0.3 is 10.6 Å². The molecule has 0 aliphatic heterocycles. The molecule has 0 unspecified atom stereocenters. The highest BCUT2D eigenvalue weighted by atomic mass is 16.1. The number of hydrogen-bond acceptors (Lipinski definition) is 4. The lowest BCUT2D eigenvalue weighted by Gasteiger charge is -2.30. The molecule has 2 aliphatic rings. The SMILES string of the molecule is CCn1ncc2c(N[C@H](C)C3CCCCC3)c(C(=O)N[C@H](C)C3CCCCC3)cnc21. The highest BCUT2D eigenvalue weighted by Crippen LogP contribution is 2.32. The summed E-state index contributed by atoms with van der Waals surface area (Å²) in [5, 5.41) is 12.5. The summed E-state index contributed by atoms with van der Waals surface area (Å²) < 4.78 is 1.90. The molecule has 2 N–H and O–H groups in total. The van der Waals surface area contributed by atoms with Gasteiger partial charge in [0.05, 0.1) is 22.8 Å². The number of hydrogen-bond donors (Lipinski definition) is 2. The largest absolute Gasteiger partial charge is 0.381 e. The summed E-state index contributed by atoms with van der Waals surface area (Å²) in [6.45, 7) is 7.25. The Kier molecular flexibility index (Phi) is 7.13. The second-order valence-corrected chi connectivity index (χ2v) is 9.74. The molecule has 2 atom stereocenters. The van der Waals surface area contributed by atoms with Gasteiger partial charge in [-0.05, 0) is 58.3 Å². The summed E-state index contributed by atoms with van der Waals surface area (Å²) in [6, 6.07) is 0.503. The predicted octanol–water partition coefficient (Wildman–Crippen LogP) is 5.53. The maximum absolute atomic E-state index is 13.4. The minimum Gasteiger partial charge on any atom is -0.381 e. The van der Waals surface area contributed by atoms with Crippen LogP contribution in [0.15, 0.2) is 12.4 Å². The number of aromatic nitrogens is 3. The molecule has 0 saturated heterocycles. The molecule has 6 nitrogen and oxygen atoms in total. The summed E-state index contributed by atoms with van der Waals surface area (Å²) >= 11 is 0. The third-order valence-electron chi connectivity index (χ3n) is 7.66. The second kappa shape index (κ2) is 10.0. The zero-order valence-corrected chi connectivity index (χ0v) is 19.5. The molecule has 0 spiro atoms. The zero-order chi connectivity index (χ0) is 21.8. The van der Waals surface area contributed by atoms with E-state index in [4.69, 9.17) is 0 Å². The monoisotopic (exact) mass is 425 g/mol. The Morgan fingerprint density at radius 3 is 2.23 bits per heavy atom. The van der Waals surface area contributed by atoms with Crippen molar-refractivity contribution in [2.75, 3.05) is 5.32 Å². The number of anilines is 1. The third kappa shape index (κ3) is 4.88. The zero-order valence-electron chi connectivity index (χ0n) is 19.5. The molecule has 6 heteroatoms. The maximum Gasteiger partial charge on any atom is 0.255 e. The van der Waals surface area contributed by atoms with Gasteiger partial charge in [0.2, 0.25) is 0 Å². The Balaban J connectivity index is 1.60. The van der Waals surface area contributed by atoms with Crippen molar-refractivity contribution in [3.63, 3.8) is 0 Å². The van der Waals surface area contributed by atoms with E-state index in [2.05, 4.69) is 41.5 Å². The van der Waals surface area contributed by atoms with E-state index >= 15 is 0 Å². The van der Waals surface area contributed by atoms with E-state index in [0.717, 1.165) is 23.3 Å². The smallest absolute Gasteiger partial charge is 0.255 e. The second-order valence-electron chi connectivity index (χ2n) is 9.74. The molecule has 2 saturated carbocycles. The van der Waals surface area contributed by atoms with E-state index in [1.807, 2.05) is 10.9 Å². The topological polar surface area (TPSA) is 71.8 Å². The number of pyridine rings is 1. The van der Waals surface area contributed by atoms with Crippen LogP contribution in [0.4, 0.5) is 5.69 Å². The van der Waals surface area contributed by atoms with Gasteiger partial charge >= 0.3 is 0 Å². The van der Waals surface area contributed by atoms with E-state index in [1.165, 1.54) is 64.2 Å². The van der Waals surface area contributed by atoms with E-state index in [0.29, 0.717) is 23.4 Å². The first-order valence-corrected chi connectivity index (χ1v) is 12.5. The molecule has 170 valence electrons. The van der Waals surface area contributed by atoms with Gasteiger partial charge in [-0.2, -0.15) is 5.10 Å². The van der Waals surface area contributed by atoms with Crippen LogP contribution in [0.2, 0.25) is 0 Å². The van der Waals surface area contributed by atoms with Gasteiger partial charge in [-0.15, -0.1) is 0 Å². The summed E-state index contributed by atoms with van der Waals surface area (Å²) in [5.74, 6) is 1.21. The molecular formula is C25H39N5O. The van der Waals surface area contributed by atoms with Crippen LogP contribution in [0.3, 0.4) is 0 Å². The fourth-order valence-electron chi connectivity index (χ4n) is 5.60. The molecule has 2 aliphatic carbocycles. The lowest BCUT2D eigenvalue weighted by Crippen LogP contribution is -2.39. The van der Waals surface area contributed by atoms with Crippen molar-refractivity contribution in [2.45, 2.75) is 104 Å². The Bertz CT molecular complexity index is 879. The lowest BCUT2D eigenvalue weighted by molar-refractivity contribution is 0.0920. The quantitative estimate of drug-likeness (QED) is 0.612. The van der Waals surface area contributed by atoms with Gasteiger partial charge in [0, 0.05) is 24.8 Å². The number of carbonyl (C=O) groups excluding carboxylic acids is 1. The Hall–Kier alpha value is -2.11. The maximum atomic E-state index is 13.4. The van der Waals surface area contributed by atoms with E-state index in [1.54, 1.807) is 6.20 Å². The van der Waals surface area contributed by atoms with Crippen molar-refractivity contribution in [1.82, 2.24) is 20.1 Å². The first-order chi connectivity index (χ1) is 15.1. The number of fused-ring (bicyclic) bond motifs is 1. The van der Waals surface area contributed by atoms with Crippen LogP contribution < -0.4 is 10.6 Å². The molecule has 31 heavy (non-hydrogen) atoms. The van der Waals surface area contributed by atoms with Crippen molar-refractivity contribution < 1.29 is 4.79 Å². The fraction of sp³-hybridized carbons (Fsp3) is 0.720. The van der Waals surface area contributed by atoms with Crippen molar-refractivity contribution >= 4 is 22.6 Å². The normalized spacial score (nSPS) is 20.5. The highest BCUT2D eigenvalue weighted by molar-refractivity contribution is 6.06. The molecule has 2 heterocycles. The van der Waals surface area contributed by atoms with Crippen LogP contribution in [0.5, 0.6) is 0 Å². The summed E-state index contributed by atoms with van der Waals surface area (Å²) in [5.41, 5.74) is 2.39. The standard InChI is InChI=1S/C25H39N5O/c1-4-30-24-21(16-27-30)23(28-17(2)19-11-7-5-8-12-19)22(15-26-24)25(31)29-18(3)20-13-9-6-10-14-20/h15-20H,4-14H2,1-3H3,(H,26,28)(H,29,31)/t17-,18-/m1/s1.